The predicted molar refractivity (Wildman–Crippen MR) is 141 cm³/mol. The Morgan fingerprint density at radius 1 is 1.23 bits per heavy atom. The van der Waals surface area contributed by atoms with Gasteiger partial charge in [0.1, 0.15) is 23.1 Å². The number of aromatic amines is 1. The molecular weight excluding hydrogens is 536 g/mol. The van der Waals surface area contributed by atoms with Crippen LogP contribution in [0.4, 0.5) is 23.2 Å². The number of rotatable bonds is 6. The molecule has 0 atom stereocenters. The maximum atomic E-state index is 13.4. The first kappa shape index (κ1) is 28.5. The van der Waals surface area contributed by atoms with E-state index in [0.717, 1.165) is 32.0 Å². The molecule has 4 rings (SSSR count). The molecule has 39 heavy (non-hydrogen) atoms. The Balaban J connectivity index is 1.54. The molecule has 0 unspecified atom stereocenters. The van der Waals surface area contributed by atoms with E-state index in [0.29, 0.717) is 41.6 Å². The molecule has 2 aromatic carbocycles. The summed E-state index contributed by atoms with van der Waals surface area (Å²) in [5.41, 5.74) is -0.102. The third kappa shape index (κ3) is 7.52. The Kier molecular flexibility index (Phi) is 8.83. The number of anilines is 1. The van der Waals surface area contributed by atoms with Gasteiger partial charge in [-0.2, -0.15) is 13.2 Å². The summed E-state index contributed by atoms with van der Waals surface area (Å²) < 4.78 is 58.6. The maximum Gasteiger partial charge on any atom is 0.432 e. The van der Waals surface area contributed by atoms with Crippen molar-refractivity contribution in [1.82, 2.24) is 14.9 Å². The lowest BCUT2D eigenvalue weighted by Crippen LogP contribution is -2.39. The maximum absolute atomic E-state index is 13.4. The number of carbonyl (C=O) groups excluding carboxylic acids is 1. The molecular formula is C28H27ClF4N4O2. The number of nitrogens with zero attached hydrogens (tertiary/aromatic N) is 2. The molecule has 0 saturated carbocycles. The third-order valence-corrected chi connectivity index (χ3v) is 6.77. The van der Waals surface area contributed by atoms with Crippen molar-refractivity contribution in [2.75, 3.05) is 25.0 Å². The highest BCUT2D eigenvalue weighted by Crippen LogP contribution is 2.33. The fourth-order valence-corrected chi connectivity index (χ4v) is 4.39. The van der Waals surface area contributed by atoms with Gasteiger partial charge in [0.2, 0.25) is 0 Å². The SMILES string of the molecule is CC(C)N1CCC(COc2ccc(-c3ncc(C(F)(F)F)[nH]3)cc2NC(=O)C#Cc2ccc(F)c(Cl)c2)CC1. The molecule has 206 valence electrons. The van der Waals surface area contributed by atoms with Crippen molar-refractivity contribution >= 4 is 23.2 Å². The fraction of sp³-hybridized carbons (Fsp3) is 0.357. The lowest BCUT2D eigenvalue weighted by molar-refractivity contribution is -0.140. The highest BCUT2D eigenvalue weighted by molar-refractivity contribution is 6.30. The van der Waals surface area contributed by atoms with Crippen LogP contribution in [0.2, 0.25) is 5.02 Å². The van der Waals surface area contributed by atoms with Crippen molar-refractivity contribution in [3.05, 3.63) is 64.7 Å². The monoisotopic (exact) mass is 562 g/mol. The molecule has 11 heteroatoms. The van der Waals surface area contributed by atoms with Gasteiger partial charge in [0.05, 0.1) is 23.5 Å². The summed E-state index contributed by atoms with van der Waals surface area (Å²) in [6.07, 6.45) is -1.93. The van der Waals surface area contributed by atoms with Crippen LogP contribution in [0, 0.1) is 23.6 Å². The highest BCUT2D eigenvalue weighted by atomic mass is 35.5. The first-order valence-corrected chi connectivity index (χ1v) is 12.8. The average Bonchev–Trinajstić information content (AvgIpc) is 3.40. The van der Waals surface area contributed by atoms with Crippen LogP contribution >= 0.6 is 11.6 Å². The van der Waals surface area contributed by atoms with Crippen LogP contribution in [-0.4, -0.2) is 46.5 Å². The van der Waals surface area contributed by atoms with Gasteiger partial charge in [0.25, 0.3) is 0 Å². The van der Waals surface area contributed by atoms with Crippen LogP contribution in [0.3, 0.4) is 0 Å². The zero-order valence-corrected chi connectivity index (χ0v) is 22.1. The van der Waals surface area contributed by atoms with E-state index in [1.807, 2.05) is 0 Å². The molecule has 0 aliphatic carbocycles. The van der Waals surface area contributed by atoms with E-state index in [2.05, 4.69) is 45.9 Å². The Bertz CT molecular complexity index is 1390. The second-order valence-corrected chi connectivity index (χ2v) is 9.98. The molecule has 1 saturated heterocycles. The Hall–Kier alpha value is -3.55. The molecule has 1 aliphatic heterocycles. The van der Waals surface area contributed by atoms with E-state index in [1.54, 1.807) is 12.1 Å². The van der Waals surface area contributed by atoms with E-state index in [9.17, 15) is 22.4 Å². The summed E-state index contributed by atoms with van der Waals surface area (Å²) in [7, 11) is 0. The van der Waals surface area contributed by atoms with Gasteiger partial charge in [-0.25, -0.2) is 9.37 Å². The first-order valence-electron chi connectivity index (χ1n) is 12.4. The normalized spacial score (nSPS) is 14.7. The van der Waals surface area contributed by atoms with Crippen molar-refractivity contribution in [1.29, 1.82) is 0 Å². The topological polar surface area (TPSA) is 70.2 Å². The number of aromatic nitrogens is 2. The molecule has 0 spiro atoms. The molecule has 1 aliphatic rings. The smallest absolute Gasteiger partial charge is 0.432 e. The van der Waals surface area contributed by atoms with E-state index in [4.69, 9.17) is 16.3 Å². The minimum Gasteiger partial charge on any atom is -0.491 e. The summed E-state index contributed by atoms with van der Waals surface area (Å²) in [6, 6.07) is 8.93. The van der Waals surface area contributed by atoms with E-state index >= 15 is 0 Å². The summed E-state index contributed by atoms with van der Waals surface area (Å²) in [6.45, 7) is 6.69. The lowest BCUT2D eigenvalue weighted by atomic mass is 9.97. The average molecular weight is 563 g/mol. The number of hydrogen-bond acceptors (Lipinski definition) is 4. The van der Waals surface area contributed by atoms with Crippen LogP contribution in [0.15, 0.2) is 42.6 Å². The van der Waals surface area contributed by atoms with Crippen molar-refractivity contribution < 1.29 is 27.1 Å². The quantitative estimate of drug-likeness (QED) is 0.270. The van der Waals surface area contributed by atoms with Crippen LogP contribution in [0.5, 0.6) is 5.75 Å². The van der Waals surface area contributed by atoms with Gasteiger partial charge in [-0.1, -0.05) is 17.5 Å². The van der Waals surface area contributed by atoms with Gasteiger partial charge in [-0.05, 0) is 82.1 Å². The number of ether oxygens (including phenoxy) is 1. The Labute approximate surface area is 228 Å². The van der Waals surface area contributed by atoms with E-state index in [1.165, 1.54) is 18.2 Å². The second-order valence-electron chi connectivity index (χ2n) is 9.57. The number of nitrogens with one attached hydrogen (secondary N) is 2. The molecule has 0 bridgehead atoms. The van der Waals surface area contributed by atoms with Gasteiger partial charge in [0.15, 0.2) is 0 Å². The number of hydrogen-bond donors (Lipinski definition) is 2. The number of alkyl halides is 3. The van der Waals surface area contributed by atoms with Crippen molar-refractivity contribution in [2.45, 2.75) is 38.9 Å². The van der Waals surface area contributed by atoms with Crippen LogP contribution in [-0.2, 0) is 11.0 Å². The molecule has 0 radical (unpaired) electrons. The number of H-pyrrole nitrogens is 1. The molecule has 2 heterocycles. The number of halogens is 5. The van der Waals surface area contributed by atoms with Gasteiger partial charge < -0.3 is 19.9 Å². The molecule has 1 aromatic heterocycles. The zero-order chi connectivity index (χ0) is 28.2. The fourth-order valence-electron chi connectivity index (χ4n) is 4.21. The first-order chi connectivity index (χ1) is 18.5. The summed E-state index contributed by atoms with van der Waals surface area (Å²) in [5.74, 6) is 4.39. The van der Waals surface area contributed by atoms with Crippen molar-refractivity contribution in [2.24, 2.45) is 5.92 Å². The summed E-state index contributed by atoms with van der Waals surface area (Å²) in [4.78, 5) is 21.1. The summed E-state index contributed by atoms with van der Waals surface area (Å²) in [5, 5.41) is 2.52. The second kappa shape index (κ2) is 12.1. The highest BCUT2D eigenvalue weighted by Gasteiger charge is 2.33. The minimum absolute atomic E-state index is 0.0162. The largest absolute Gasteiger partial charge is 0.491 e. The molecule has 3 aromatic rings. The Morgan fingerprint density at radius 3 is 2.62 bits per heavy atom. The van der Waals surface area contributed by atoms with Crippen LogP contribution in [0.25, 0.3) is 11.4 Å². The minimum atomic E-state index is -4.57. The molecule has 1 fully saturated rings. The van der Waals surface area contributed by atoms with Crippen LogP contribution in [0.1, 0.15) is 37.9 Å². The Morgan fingerprint density at radius 2 is 1.97 bits per heavy atom. The van der Waals surface area contributed by atoms with Crippen molar-refractivity contribution in [3.8, 4) is 29.0 Å². The number of piperidine rings is 1. The number of imidazole rings is 1. The predicted octanol–water partition coefficient (Wildman–Crippen LogP) is 6.38. The van der Waals surface area contributed by atoms with Gasteiger partial charge in [-0.3, -0.25) is 4.79 Å². The van der Waals surface area contributed by atoms with Gasteiger partial charge in [0, 0.05) is 23.1 Å². The van der Waals surface area contributed by atoms with Crippen molar-refractivity contribution in [3.63, 3.8) is 0 Å². The van der Waals surface area contributed by atoms with Gasteiger partial charge in [-0.15, -0.1) is 0 Å². The van der Waals surface area contributed by atoms with E-state index < -0.39 is 23.6 Å². The number of benzene rings is 2. The number of likely N-dealkylation sites (tertiary alicyclic amines) is 1. The third-order valence-electron chi connectivity index (χ3n) is 6.48. The number of carbonyl (C=O) groups is 1. The molecule has 6 nitrogen and oxygen atoms in total. The lowest BCUT2D eigenvalue weighted by Gasteiger charge is -2.34. The van der Waals surface area contributed by atoms with Gasteiger partial charge >= 0.3 is 12.1 Å². The standard InChI is InChI=1S/C28H27ClF4N4O2/c1-17(2)37-11-9-19(10-12-37)16-39-24-7-5-20(27-34-15-25(36-27)28(31,32)33)14-23(24)35-26(38)8-4-18-3-6-22(30)21(29)13-18/h3,5-7,13-15,17,19H,9-12,16H2,1-2H3,(H,34,36)(H,35,38). The molecule has 1 amide bonds. The van der Waals surface area contributed by atoms with Crippen LogP contribution < -0.4 is 10.1 Å². The summed E-state index contributed by atoms with van der Waals surface area (Å²) >= 11 is 5.77. The molecule has 2 N–H and O–H groups in total. The van der Waals surface area contributed by atoms with E-state index in [-0.39, 0.29) is 16.5 Å². The number of amides is 1. The zero-order valence-electron chi connectivity index (χ0n) is 21.3.